The van der Waals surface area contributed by atoms with E-state index in [0.717, 1.165) is 43.9 Å². The number of ether oxygens (including phenoxy) is 1. The second kappa shape index (κ2) is 9.93. The number of halogens is 1. The molecule has 0 N–H and O–H groups in total. The molecule has 27 heavy (non-hydrogen) atoms. The summed E-state index contributed by atoms with van der Waals surface area (Å²) in [4.78, 5) is 14.5. The number of hydrogen-bond acceptors (Lipinski definition) is 2. The third kappa shape index (κ3) is 7.12. The lowest BCUT2D eigenvalue weighted by Gasteiger charge is -2.41. The van der Waals surface area contributed by atoms with Crippen LogP contribution in [0.3, 0.4) is 0 Å². The topological polar surface area (TPSA) is 29.5 Å². The largest absolute Gasteiger partial charge is 0.375 e. The average Bonchev–Trinajstić information content (AvgIpc) is 2.57. The molecule has 1 heterocycles. The molecule has 0 unspecified atom stereocenters. The van der Waals surface area contributed by atoms with Gasteiger partial charge in [0.1, 0.15) is 0 Å². The molecule has 0 spiro atoms. The van der Waals surface area contributed by atoms with Gasteiger partial charge in [0.05, 0.1) is 5.60 Å². The molecule has 1 amide bonds. The zero-order chi connectivity index (χ0) is 20.0. The van der Waals surface area contributed by atoms with Crippen molar-refractivity contribution in [2.75, 3.05) is 13.2 Å². The molecule has 1 aliphatic rings. The van der Waals surface area contributed by atoms with Crippen LogP contribution in [0.4, 0.5) is 0 Å². The van der Waals surface area contributed by atoms with Crippen molar-refractivity contribution in [1.82, 2.24) is 4.90 Å². The summed E-state index contributed by atoms with van der Waals surface area (Å²) >= 11 is 6.08. The van der Waals surface area contributed by atoms with Gasteiger partial charge < -0.3 is 9.64 Å². The van der Waals surface area contributed by atoms with E-state index < -0.39 is 0 Å². The number of hydrogen-bond donors (Lipinski definition) is 0. The highest BCUT2D eigenvalue weighted by molar-refractivity contribution is 6.30. The van der Waals surface area contributed by atoms with E-state index in [9.17, 15) is 4.79 Å². The maximum absolute atomic E-state index is 12.4. The Morgan fingerprint density at radius 1 is 1.22 bits per heavy atom. The number of amides is 1. The van der Waals surface area contributed by atoms with Gasteiger partial charge in [-0.2, -0.15) is 0 Å². The van der Waals surface area contributed by atoms with Crippen molar-refractivity contribution < 1.29 is 9.53 Å². The Balaban J connectivity index is 2.07. The summed E-state index contributed by atoms with van der Waals surface area (Å²) in [5.41, 5.74) is 1.18. The first-order valence-corrected chi connectivity index (χ1v) is 10.7. The number of nitrogens with zero attached hydrogens (tertiary/aromatic N) is 1. The highest BCUT2D eigenvalue weighted by Gasteiger charge is 2.33. The molecule has 0 bridgehead atoms. The van der Waals surface area contributed by atoms with E-state index in [2.05, 4.69) is 44.7 Å². The van der Waals surface area contributed by atoms with Crippen LogP contribution in [0, 0.1) is 5.92 Å². The number of rotatable bonds is 8. The predicted octanol–water partition coefficient (Wildman–Crippen LogP) is 6.06. The first-order valence-electron chi connectivity index (χ1n) is 10.3. The number of benzene rings is 1. The summed E-state index contributed by atoms with van der Waals surface area (Å²) in [7, 11) is 0. The van der Waals surface area contributed by atoms with E-state index in [1.165, 1.54) is 12.0 Å². The van der Waals surface area contributed by atoms with Gasteiger partial charge >= 0.3 is 0 Å². The van der Waals surface area contributed by atoms with Crippen molar-refractivity contribution in [2.24, 2.45) is 5.92 Å². The summed E-state index contributed by atoms with van der Waals surface area (Å²) in [6.07, 6.45) is 5.17. The van der Waals surface area contributed by atoms with Gasteiger partial charge in [-0.05, 0) is 69.1 Å². The lowest BCUT2D eigenvalue weighted by Crippen LogP contribution is -2.48. The summed E-state index contributed by atoms with van der Waals surface area (Å²) in [6.45, 7) is 12.0. The minimum Gasteiger partial charge on any atom is -0.375 e. The first kappa shape index (κ1) is 22.2. The Labute approximate surface area is 170 Å². The van der Waals surface area contributed by atoms with Crippen LogP contribution in [0.5, 0.6) is 0 Å². The summed E-state index contributed by atoms with van der Waals surface area (Å²) in [5, 5.41) is 0.774. The molecule has 2 rings (SSSR count). The Bertz CT molecular complexity index is 597. The molecule has 0 aromatic heterocycles. The molecule has 3 nitrogen and oxygen atoms in total. The van der Waals surface area contributed by atoms with E-state index in [1.807, 2.05) is 12.1 Å². The van der Waals surface area contributed by atoms with Crippen LogP contribution in [0.15, 0.2) is 24.3 Å². The van der Waals surface area contributed by atoms with Crippen molar-refractivity contribution in [3.63, 3.8) is 0 Å². The Morgan fingerprint density at radius 2 is 1.89 bits per heavy atom. The minimum absolute atomic E-state index is 0.149. The summed E-state index contributed by atoms with van der Waals surface area (Å²) < 4.78 is 5.85. The van der Waals surface area contributed by atoms with E-state index in [4.69, 9.17) is 16.3 Å². The van der Waals surface area contributed by atoms with Crippen LogP contribution < -0.4 is 0 Å². The molecule has 2 atom stereocenters. The summed E-state index contributed by atoms with van der Waals surface area (Å²) in [6, 6.07) is 8.51. The van der Waals surface area contributed by atoms with Crippen molar-refractivity contribution in [3.05, 3.63) is 34.9 Å². The van der Waals surface area contributed by atoms with Gasteiger partial charge in [-0.25, -0.2) is 0 Å². The fourth-order valence-electron chi connectivity index (χ4n) is 4.10. The lowest BCUT2D eigenvalue weighted by atomic mass is 9.87. The smallest absolute Gasteiger partial charge is 0.219 e. The Morgan fingerprint density at radius 3 is 2.44 bits per heavy atom. The molecule has 0 aliphatic carbocycles. The van der Waals surface area contributed by atoms with Crippen LogP contribution in [0.1, 0.15) is 78.2 Å². The fraction of sp³-hybridized carbons (Fsp3) is 0.696. The fourth-order valence-corrected chi connectivity index (χ4v) is 4.23. The van der Waals surface area contributed by atoms with Crippen molar-refractivity contribution in [2.45, 2.75) is 84.3 Å². The van der Waals surface area contributed by atoms with Gasteiger partial charge in [0.25, 0.3) is 0 Å². The minimum atomic E-state index is -0.149. The van der Waals surface area contributed by atoms with Gasteiger partial charge in [-0.15, -0.1) is 0 Å². The van der Waals surface area contributed by atoms with E-state index in [1.54, 1.807) is 6.92 Å². The molecule has 1 aliphatic heterocycles. The molecule has 1 saturated heterocycles. The number of carbonyl (C=O) groups is 1. The van der Waals surface area contributed by atoms with Crippen molar-refractivity contribution in [3.8, 4) is 0 Å². The lowest BCUT2D eigenvalue weighted by molar-refractivity contribution is -0.138. The maximum Gasteiger partial charge on any atom is 0.219 e. The molecule has 1 aromatic carbocycles. The molecule has 152 valence electrons. The Hall–Kier alpha value is -1.06. The molecule has 1 aromatic rings. The quantitative estimate of drug-likeness (QED) is 0.537. The van der Waals surface area contributed by atoms with E-state index >= 15 is 0 Å². The van der Waals surface area contributed by atoms with Crippen molar-refractivity contribution >= 4 is 17.5 Å². The second-order valence-electron chi connectivity index (χ2n) is 8.98. The molecular formula is C23H36ClNO2. The monoisotopic (exact) mass is 393 g/mol. The summed E-state index contributed by atoms with van der Waals surface area (Å²) in [5.74, 6) is 1.32. The van der Waals surface area contributed by atoms with E-state index in [0.29, 0.717) is 11.8 Å². The first-order chi connectivity index (χ1) is 12.7. The zero-order valence-corrected chi connectivity index (χ0v) is 18.4. The Kier molecular flexibility index (Phi) is 8.18. The molecule has 4 heteroatoms. The molecule has 0 radical (unpaired) electrons. The van der Waals surface area contributed by atoms with Gasteiger partial charge in [0.2, 0.25) is 5.91 Å². The van der Waals surface area contributed by atoms with Gasteiger partial charge in [-0.1, -0.05) is 44.0 Å². The third-order valence-corrected chi connectivity index (χ3v) is 5.92. The van der Waals surface area contributed by atoms with Gasteiger partial charge in [0.15, 0.2) is 0 Å². The van der Waals surface area contributed by atoms with Crippen LogP contribution in [0.2, 0.25) is 5.02 Å². The normalized spacial score (nSPS) is 20.5. The predicted molar refractivity (Wildman–Crippen MR) is 113 cm³/mol. The standard InChI is InChI=1S/C23H36ClNO2/c1-17(2)6-7-20(19-8-10-21(24)11-9-19)12-14-25(18(3)26)22-13-15-27-23(4,5)16-22/h8-11,17,20,22H,6-7,12-16H2,1-5H3/t20-,22-/m0/s1. The van der Waals surface area contributed by atoms with Crippen LogP contribution >= 0.6 is 11.6 Å². The van der Waals surface area contributed by atoms with Crippen LogP contribution in [-0.2, 0) is 9.53 Å². The second-order valence-corrected chi connectivity index (χ2v) is 9.41. The molecular weight excluding hydrogens is 358 g/mol. The molecule has 1 fully saturated rings. The maximum atomic E-state index is 12.4. The SMILES string of the molecule is CC(=O)N(CC[C@H](CCC(C)C)c1ccc(Cl)cc1)[C@H]1CCOC(C)(C)C1. The average molecular weight is 394 g/mol. The highest BCUT2D eigenvalue weighted by atomic mass is 35.5. The van der Waals surface area contributed by atoms with Crippen LogP contribution in [0.25, 0.3) is 0 Å². The van der Waals surface area contributed by atoms with Gasteiger partial charge in [-0.3, -0.25) is 4.79 Å². The van der Waals surface area contributed by atoms with Gasteiger partial charge in [0, 0.05) is 31.1 Å². The van der Waals surface area contributed by atoms with E-state index in [-0.39, 0.29) is 17.6 Å². The highest BCUT2D eigenvalue weighted by Crippen LogP contribution is 2.31. The molecule has 0 saturated carbocycles. The van der Waals surface area contributed by atoms with Crippen molar-refractivity contribution in [1.29, 1.82) is 0 Å². The number of carbonyl (C=O) groups excluding carboxylic acids is 1. The third-order valence-electron chi connectivity index (χ3n) is 5.67. The zero-order valence-electron chi connectivity index (χ0n) is 17.6. The van der Waals surface area contributed by atoms with Crippen LogP contribution in [-0.4, -0.2) is 35.6 Å².